The largest absolute Gasteiger partial charge is 0.360 e. The average molecular weight is 376 g/mol. The van der Waals surface area contributed by atoms with Gasteiger partial charge in [0.25, 0.3) is 11.6 Å². The van der Waals surface area contributed by atoms with E-state index >= 15 is 0 Å². The van der Waals surface area contributed by atoms with Crippen molar-refractivity contribution in [1.29, 1.82) is 5.26 Å². The smallest absolute Gasteiger partial charge is 0.270 e. The van der Waals surface area contributed by atoms with Gasteiger partial charge in [0.1, 0.15) is 11.6 Å². The highest BCUT2D eigenvalue weighted by Gasteiger charge is 2.17. The van der Waals surface area contributed by atoms with Crippen LogP contribution in [0, 0.1) is 21.4 Å². The second kappa shape index (κ2) is 8.19. The molecule has 1 aromatic heterocycles. The van der Waals surface area contributed by atoms with E-state index in [2.05, 4.69) is 31.3 Å². The number of hydrogen-bond donors (Lipinski definition) is 3. The molecule has 3 aromatic rings. The predicted octanol–water partition coefficient (Wildman–Crippen LogP) is 2.34. The number of anilines is 2. The van der Waals surface area contributed by atoms with Crippen molar-refractivity contribution in [2.75, 3.05) is 10.6 Å². The van der Waals surface area contributed by atoms with Crippen molar-refractivity contribution in [1.82, 2.24) is 20.6 Å². The Morgan fingerprint density at radius 3 is 2.68 bits per heavy atom. The van der Waals surface area contributed by atoms with E-state index in [0.29, 0.717) is 5.69 Å². The molecule has 0 unspecified atom stereocenters. The van der Waals surface area contributed by atoms with Crippen LogP contribution in [0.15, 0.2) is 54.7 Å². The van der Waals surface area contributed by atoms with E-state index in [4.69, 9.17) is 0 Å². The number of nitrogens with zero attached hydrogens (tertiary/aromatic N) is 5. The zero-order chi connectivity index (χ0) is 19.9. The molecule has 0 fully saturated rings. The molecule has 11 heteroatoms. The Hall–Kier alpha value is -4.59. The van der Waals surface area contributed by atoms with Gasteiger partial charge in [-0.15, -0.1) is 10.2 Å². The summed E-state index contributed by atoms with van der Waals surface area (Å²) in [4.78, 5) is 23.1. The maximum atomic E-state index is 12.7. The molecule has 0 saturated carbocycles. The first-order valence-electron chi connectivity index (χ1n) is 7.84. The topological polar surface area (TPSA) is 163 Å². The van der Waals surface area contributed by atoms with Crippen LogP contribution >= 0.6 is 0 Å². The maximum absolute atomic E-state index is 12.7. The minimum atomic E-state index is -0.598. The molecule has 0 radical (unpaired) electrons. The number of aromatic nitrogens is 4. The minimum Gasteiger partial charge on any atom is -0.360 e. The summed E-state index contributed by atoms with van der Waals surface area (Å²) in [6, 6.07) is 14.3. The monoisotopic (exact) mass is 376 g/mol. The number of nitro groups is 1. The molecule has 0 atom stereocenters. The summed E-state index contributed by atoms with van der Waals surface area (Å²) in [5, 5.41) is 38.8. The summed E-state index contributed by atoms with van der Waals surface area (Å²) in [5.74, 6) is -0.490. The van der Waals surface area contributed by atoms with Gasteiger partial charge in [0.2, 0.25) is 5.82 Å². The van der Waals surface area contributed by atoms with E-state index < -0.39 is 10.8 Å². The fraction of sp³-hybridized carbons (Fsp3) is 0. The number of allylic oxidation sites excluding steroid dienone is 1. The number of nitro benzene ring substituents is 1. The van der Waals surface area contributed by atoms with E-state index in [0.717, 1.165) is 6.07 Å². The third-order valence-electron chi connectivity index (χ3n) is 3.57. The molecule has 3 N–H and O–H groups in total. The minimum absolute atomic E-state index is 0.0275. The highest BCUT2D eigenvalue weighted by molar-refractivity contribution is 6.08. The van der Waals surface area contributed by atoms with Crippen LogP contribution < -0.4 is 10.6 Å². The first kappa shape index (κ1) is 18.2. The zero-order valence-electron chi connectivity index (χ0n) is 14.2. The Labute approximate surface area is 157 Å². The van der Waals surface area contributed by atoms with Gasteiger partial charge in [0.05, 0.1) is 16.2 Å². The fourth-order valence-electron chi connectivity index (χ4n) is 2.25. The molecule has 28 heavy (non-hydrogen) atoms. The van der Waals surface area contributed by atoms with Crippen molar-refractivity contribution in [3.8, 4) is 6.07 Å². The maximum Gasteiger partial charge on any atom is 0.270 e. The molecule has 0 spiro atoms. The highest BCUT2D eigenvalue weighted by atomic mass is 16.6. The summed E-state index contributed by atoms with van der Waals surface area (Å²) in [7, 11) is 0. The Morgan fingerprint density at radius 2 is 2.04 bits per heavy atom. The van der Waals surface area contributed by atoms with Crippen molar-refractivity contribution in [3.05, 3.63) is 76.2 Å². The quantitative estimate of drug-likeness (QED) is 0.335. The third kappa shape index (κ3) is 4.14. The van der Waals surface area contributed by atoms with Crippen LogP contribution in [0.3, 0.4) is 0 Å². The molecule has 0 aliphatic heterocycles. The number of amides is 1. The molecule has 0 saturated heterocycles. The normalized spacial score (nSPS) is 10.8. The van der Waals surface area contributed by atoms with Gasteiger partial charge >= 0.3 is 0 Å². The number of carbonyl (C=O) groups excluding carboxylic acids is 1. The van der Waals surface area contributed by atoms with Crippen molar-refractivity contribution >= 4 is 28.5 Å². The lowest BCUT2D eigenvalue weighted by molar-refractivity contribution is -0.384. The van der Waals surface area contributed by atoms with Gasteiger partial charge in [0.15, 0.2) is 0 Å². The molecule has 3 rings (SSSR count). The Balaban J connectivity index is 1.93. The van der Waals surface area contributed by atoms with E-state index in [1.54, 1.807) is 30.3 Å². The van der Waals surface area contributed by atoms with Crippen molar-refractivity contribution in [3.63, 3.8) is 0 Å². The van der Waals surface area contributed by atoms with Gasteiger partial charge in [-0.05, 0) is 23.4 Å². The van der Waals surface area contributed by atoms with Crippen LogP contribution in [-0.4, -0.2) is 31.5 Å². The van der Waals surface area contributed by atoms with Crippen LogP contribution in [0.2, 0.25) is 0 Å². The lowest BCUT2D eigenvalue weighted by Crippen LogP contribution is -2.14. The third-order valence-corrected chi connectivity index (χ3v) is 3.57. The van der Waals surface area contributed by atoms with E-state index in [1.165, 1.54) is 18.3 Å². The summed E-state index contributed by atoms with van der Waals surface area (Å²) in [5.41, 5.74) is 0.632. The second-order valence-corrected chi connectivity index (χ2v) is 5.36. The van der Waals surface area contributed by atoms with Gasteiger partial charge in [-0.2, -0.15) is 10.5 Å². The molecule has 0 aliphatic rings. The fourth-order valence-corrected chi connectivity index (χ4v) is 2.25. The first-order chi connectivity index (χ1) is 13.6. The standard InChI is InChI=1S/C17H12N8O3/c18-9-11(16-21-23-24-22-16)10-19-15-7-6-13(25(27)28)8-14(15)17(26)20-12-4-2-1-3-5-12/h1-8,10,19H,(H,20,26)(H,21,22,23,24). The lowest BCUT2D eigenvalue weighted by Gasteiger charge is -2.10. The summed E-state index contributed by atoms with van der Waals surface area (Å²) >= 11 is 0. The molecular weight excluding hydrogens is 364 g/mol. The number of aromatic amines is 1. The number of hydrogen-bond acceptors (Lipinski definition) is 8. The van der Waals surface area contributed by atoms with Gasteiger partial charge in [0, 0.05) is 24.0 Å². The molecule has 0 aliphatic carbocycles. The molecule has 1 amide bonds. The number of nitrogens with one attached hydrogen (secondary N) is 3. The SMILES string of the molecule is N#CC(=CNc1ccc([N+](=O)[O-])cc1C(=O)Nc1ccccc1)c1nn[nH]n1. The number of nitriles is 1. The second-order valence-electron chi connectivity index (χ2n) is 5.36. The van der Waals surface area contributed by atoms with Crippen LogP contribution in [0.25, 0.3) is 5.57 Å². The molecule has 2 aromatic carbocycles. The Bertz CT molecular complexity index is 1070. The molecule has 138 valence electrons. The van der Waals surface area contributed by atoms with Gasteiger partial charge in [-0.1, -0.05) is 18.2 Å². The molecule has 11 nitrogen and oxygen atoms in total. The lowest BCUT2D eigenvalue weighted by atomic mass is 10.1. The van der Waals surface area contributed by atoms with Gasteiger partial charge < -0.3 is 10.6 Å². The number of tetrazole rings is 1. The molecular formula is C17H12N8O3. The molecule has 1 heterocycles. The van der Waals surface area contributed by atoms with Crippen molar-refractivity contribution in [2.45, 2.75) is 0 Å². The van der Waals surface area contributed by atoms with Crippen molar-refractivity contribution < 1.29 is 9.72 Å². The summed E-state index contributed by atoms with van der Waals surface area (Å²) < 4.78 is 0. The summed E-state index contributed by atoms with van der Waals surface area (Å²) in [6.07, 6.45) is 1.28. The predicted molar refractivity (Wildman–Crippen MR) is 98.9 cm³/mol. The van der Waals surface area contributed by atoms with Crippen LogP contribution in [0.5, 0.6) is 0 Å². The zero-order valence-corrected chi connectivity index (χ0v) is 14.2. The molecule has 0 bridgehead atoms. The first-order valence-corrected chi connectivity index (χ1v) is 7.84. The number of benzene rings is 2. The number of non-ortho nitro benzene ring substituents is 1. The van der Waals surface area contributed by atoms with E-state index in [9.17, 15) is 20.2 Å². The Morgan fingerprint density at radius 1 is 1.25 bits per heavy atom. The number of H-pyrrole nitrogens is 1. The van der Waals surface area contributed by atoms with Crippen LogP contribution in [-0.2, 0) is 0 Å². The number of rotatable bonds is 6. The summed E-state index contributed by atoms with van der Waals surface area (Å²) in [6.45, 7) is 0. The number of carbonyl (C=O) groups is 1. The van der Waals surface area contributed by atoms with Gasteiger partial charge in [-0.25, -0.2) is 0 Å². The van der Waals surface area contributed by atoms with Crippen molar-refractivity contribution in [2.24, 2.45) is 0 Å². The van der Waals surface area contributed by atoms with Crippen LogP contribution in [0.4, 0.5) is 17.1 Å². The Kier molecular flexibility index (Phi) is 5.33. The van der Waals surface area contributed by atoms with E-state index in [-0.39, 0.29) is 28.3 Å². The highest BCUT2D eigenvalue weighted by Crippen LogP contribution is 2.24. The van der Waals surface area contributed by atoms with Gasteiger partial charge in [-0.3, -0.25) is 14.9 Å². The average Bonchev–Trinajstić information content (AvgIpc) is 3.24. The number of para-hydroxylation sites is 1. The van der Waals surface area contributed by atoms with E-state index in [1.807, 2.05) is 6.07 Å². The van der Waals surface area contributed by atoms with Crippen LogP contribution in [0.1, 0.15) is 16.2 Å².